The molecule has 7 nitrogen and oxygen atoms in total. The molecule has 2 amide bonds. The van der Waals surface area contributed by atoms with E-state index in [1.54, 1.807) is 47.4 Å². The van der Waals surface area contributed by atoms with Gasteiger partial charge in [0.25, 0.3) is 0 Å². The van der Waals surface area contributed by atoms with Gasteiger partial charge < -0.3 is 10.2 Å². The first-order valence-corrected chi connectivity index (χ1v) is 17.3. The molecular weight excluding hydrogens is 629 g/mol. The van der Waals surface area contributed by atoms with E-state index in [0.717, 1.165) is 43.1 Å². The van der Waals surface area contributed by atoms with Gasteiger partial charge in [-0.25, -0.2) is 8.42 Å². The number of carbonyl (C=O) groups excluding carboxylic acids is 2. The number of benzene rings is 3. The lowest BCUT2D eigenvalue weighted by molar-refractivity contribution is -0.141. The average Bonchev–Trinajstić information content (AvgIpc) is 3.48. The van der Waals surface area contributed by atoms with E-state index in [0.29, 0.717) is 27.2 Å². The van der Waals surface area contributed by atoms with Gasteiger partial charge in [0.1, 0.15) is 6.04 Å². The Bertz CT molecular complexity index is 1500. The smallest absolute Gasteiger partial charge is 0.243 e. The van der Waals surface area contributed by atoms with E-state index in [-0.39, 0.29) is 43.8 Å². The highest BCUT2D eigenvalue weighted by atomic mass is 35.5. The molecule has 0 saturated heterocycles. The maximum atomic E-state index is 14.0. The Morgan fingerprint density at radius 1 is 0.907 bits per heavy atom. The fourth-order valence-corrected chi connectivity index (χ4v) is 6.78. The molecule has 3 aromatic carbocycles. The van der Waals surface area contributed by atoms with Gasteiger partial charge in [0.2, 0.25) is 21.8 Å². The minimum Gasteiger partial charge on any atom is -0.352 e. The summed E-state index contributed by atoms with van der Waals surface area (Å²) in [5.74, 6) is -0.471. The predicted octanol–water partition coefficient (Wildman–Crippen LogP) is 6.89. The zero-order valence-electron chi connectivity index (χ0n) is 24.0. The normalized spacial score (nSPS) is 14.3. The zero-order valence-corrected chi connectivity index (χ0v) is 27.1. The highest BCUT2D eigenvalue weighted by Crippen LogP contribution is 2.26. The molecule has 1 atom stereocenters. The Labute approximate surface area is 269 Å². The van der Waals surface area contributed by atoms with Crippen LogP contribution in [0, 0.1) is 0 Å². The van der Waals surface area contributed by atoms with Crippen LogP contribution in [0.1, 0.15) is 49.7 Å². The second kappa shape index (κ2) is 15.3. The number of hydrogen-bond acceptors (Lipinski definition) is 4. The second-order valence-corrected chi connectivity index (χ2v) is 14.0. The van der Waals surface area contributed by atoms with Gasteiger partial charge in [-0.05, 0) is 66.8 Å². The summed E-state index contributed by atoms with van der Waals surface area (Å²) >= 11 is 18.5. The molecule has 1 saturated carbocycles. The minimum atomic E-state index is -3.62. The van der Waals surface area contributed by atoms with Gasteiger partial charge in [0.15, 0.2) is 0 Å². The van der Waals surface area contributed by atoms with Crippen molar-refractivity contribution in [2.75, 3.05) is 17.1 Å². The SMILES string of the molecule is CS(=O)(=O)N(CCCC(=O)N(Cc1ccc(Cl)c(Cl)c1)[C@H](Cc1ccccc1)C(=O)NC1CCCC1)c1ccc(Cl)cc1. The molecule has 1 fully saturated rings. The highest BCUT2D eigenvalue weighted by molar-refractivity contribution is 7.92. The van der Waals surface area contributed by atoms with Crippen molar-refractivity contribution < 1.29 is 18.0 Å². The van der Waals surface area contributed by atoms with E-state index in [9.17, 15) is 18.0 Å². The minimum absolute atomic E-state index is 0.0307. The van der Waals surface area contributed by atoms with Crippen LogP contribution in [0.2, 0.25) is 15.1 Å². The molecule has 0 heterocycles. The first-order chi connectivity index (χ1) is 20.5. The van der Waals surface area contributed by atoms with Crippen LogP contribution >= 0.6 is 34.8 Å². The van der Waals surface area contributed by atoms with Crippen LogP contribution in [0.4, 0.5) is 5.69 Å². The van der Waals surface area contributed by atoms with E-state index in [1.807, 2.05) is 30.3 Å². The van der Waals surface area contributed by atoms with Crippen LogP contribution in [-0.4, -0.2) is 50.0 Å². The molecule has 4 rings (SSSR count). The monoisotopic (exact) mass is 663 g/mol. The van der Waals surface area contributed by atoms with E-state index in [4.69, 9.17) is 34.8 Å². The maximum absolute atomic E-state index is 14.0. The molecule has 0 aliphatic heterocycles. The lowest BCUT2D eigenvalue weighted by atomic mass is 10.0. The third-order valence-corrected chi connectivity index (χ3v) is 9.76. The van der Waals surface area contributed by atoms with Crippen molar-refractivity contribution in [1.82, 2.24) is 10.2 Å². The van der Waals surface area contributed by atoms with Gasteiger partial charge in [-0.3, -0.25) is 13.9 Å². The summed E-state index contributed by atoms with van der Waals surface area (Å²) in [6.07, 6.45) is 5.68. The number of nitrogens with zero attached hydrogens (tertiary/aromatic N) is 2. The molecule has 0 radical (unpaired) electrons. The van der Waals surface area contributed by atoms with Crippen molar-refractivity contribution >= 4 is 62.3 Å². The number of amides is 2. The van der Waals surface area contributed by atoms with Crippen LogP contribution < -0.4 is 9.62 Å². The van der Waals surface area contributed by atoms with Crippen molar-refractivity contribution in [3.8, 4) is 0 Å². The van der Waals surface area contributed by atoms with Crippen molar-refractivity contribution in [2.45, 2.75) is 63.6 Å². The zero-order chi connectivity index (χ0) is 31.0. The first kappa shape index (κ1) is 33.1. The fraction of sp³-hybridized carbons (Fsp3) is 0.375. The molecule has 0 bridgehead atoms. The summed E-state index contributed by atoms with van der Waals surface area (Å²) in [6.45, 7) is 0.225. The summed E-state index contributed by atoms with van der Waals surface area (Å²) < 4.78 is 26.5. The van der Waals surface area contributed by atoms with Crippen molar-refractivity contribution in [2.24, 2.45) is 0 Å². The summed E-state index contributed by atoms with van der Waals surface area (Å²) in [4.78, 5) is 29.4. The van der Waals surface area contributed by atoms with Crippen LogP contribution in [0.15, 0.2) is 72.8 Å². The topological polar surface area (TPSA) is 86.8 Å². The predicted molar refractivity (Wildman–Crippen MR) is 174 cm³/mol. The Morgan fingerprint density at radius 2 is 1.58 bits per heavy atom. The number of carbonyl (C=O) groups is 2. The van der Waals surface area contributed by atoms with Gasteiger partial charge in [-0.15, -0.1) is 0 Å². The van der Waals surface area contributed by atoms with Crippen LogP contribution in [0.5, 0.6) is 0 Å². The Kier molecular flexibility index (Phi) is 11.8. The lowest BCUT2D eigenvalue weighted by Gasteiger charge is -2.33. The van der Waals surface area contributed by atoms with E-state index >= 15 is 0 Å². The molecule has 1 N–H and O–H groups in total. The summed E-state index contributed by atoms with van der Waals surface area (Å²) in [5, 5.41) is 4.42. The quantitative estimate of drug-likeness (QED) is 0.216. The molecule has 11 heteroatoms. The Hall–Kier alpha value is -2.78. The van der Waals surface area contributed by atoms with Crippen LogP contribution in [0.25, 0.3) is 0 Å². The summed E-state index contributed by atoms with van der Waals surface area (Å²) in [7, 11) is -3.62. The maximum Gasteiger partial charge on any atom is 0.243 e. The standard InChI is InChI=1S/C32H36Cl3N3O4S/c1-43(41,42)38(27-16-14-25(33)15-17-27)19-7-12-31(39)37(22-24-13-18-28(34)29(35)20-24)30(21-23-8-3-2-4-9-23)32(40)36-26-10-5-6-11-26/h2-4,8-9,13-18,20,26,30H,5-7,10-12,19,21-22H2,1H3,(H,36,40)/t30-/m1/s1. The molecule has 0 spiro atoms. The van der Waals surface area contributed by atoms with Crippen LogP contribution in [-0.2, 0) is 32.6 Å². The van der Waals surface area contributed by atoms with E-state index in [2.05, 4.69) is 5.32 Å². The largest absolute Gasteiger partial charge is 0.352 e. The van der Waals surface area contributed by atoms with Crippen molar-refractivity contribution in [3.05, 3.63) is 99.0 Å². The summed E-state index contributed by atoms with van der Waals surface area (Å²) in [6, 6.07) is 20.5. The molecule has 3 aromatic rings. The van der Waals surface area contributed by atoms with Gasteiger partial charge in [-0.1, -0.05) is 84.0 Å². The third kappa shape index (κ3) is 9.60. The van der Waals surface area contributed by atoms with E-state index < -0.39 is 16.1 Å². The van der Waals surface area contributed by atoms with Crippen LogP contribution in [0.3, 0.4) is 0 Å². The summed E-state index contributed by atoms with van der Waals surface area (Å²) in [5.41, 5.74) is 2.12. The number of anilines is 1. The van der Waals surface area contributed by atoms with Gasteiger partial charge >= 0.3 is 0 Å². The van der Waals surface area contributed by atoms with E-state index in [1.165, 1.54) is 4.31 Å². The first-order valence-electron chi connectivity index (χ1n) is 14.3. The lowest BCUT2D eigenvalue weighted by Crippen LogP contribution is -2.52. The molecule has 0 unspecified atom stereocenters. The molecule has 43 heavy (non-hydrogen) atoms. The number of rotatable bonds is 13. The molecule has 230 valence electrons. The molecule has 0 aromatic heterocycles. The molecule has 1 aliphatic rings. The highest BCUT2D eigenvalue weighted by Gasteiger charge is 2.32. The number of nitrogens with one attached hydrogen (secondary N) is 1. The Morgan fingerprint density at radius 3 is 2.21 bits per heavy atom. The number of sulfonamides is 1. The number of hydrogen-bond donors (Lipinski definition) is 1. The van der Waals surface area contributed by atoms with Crippen molar-refractivity contribution in [1.29, 1.82) is 0 Å². The number of halogens is 3. The molecular formula is C32H36Cl3N3O4S. The van der Waals surface area contributed by atoms with Gasteiger partial charge in [0.05, 0.1) is 22.0 Å². The van der Waals surface area contributed by atoms with Gasteiger partial charge in [0, 0.05) is 37.0 Å². The second-order valence-electron chi connectivity index (χ2n) is 10.9. The average molecular weight is 665 g/mol. The Balaban J connectivity index is 1.60. The molecule has 1 aliphatic carbocycles. The third-order valence-electron chi connectivity index (χ3n) is 7.58. The van der Waals surface area contributed by atoms with Crippen molar-refractivity contribution in [3.63, 3.8) is 0 Å². The fourth-order valence-electron chi connectivity index (χ4n) is 5.37. The van der Waals surface area contributed by atoms with Gasteiger partial charge in [-0.2, -0.15) is 0 Å².